The SMILES string of the molecule is COC1CN(c2ccc(C(=O)Nc3scc(C4(C)CC4)c3C(=O)O)cc2)C1. The van der Waals surface area contributed by atoms with Gasteiger partial charge in [-0.05, 0) is 53.5 Å². The Bertz CT molecular complexity index is 880. The summed E-state index contributed by atoms with van der Waals surface area (Å²) in [6, 6.07) is 7.35. The number of anilines is 2. The molecular formula is C20H22N2O4S. The van der Waals surface area contributed by atoms with Gasteiger partial charge in [-0.3, -0.25) is 4.79 Å². The Morgan fingerprint density at radius 2 is 1.93 bits per heavy atom. The number of ether oxygens (including phenoxy) is 1. The lowest BCUT2D eigenvalue weighted by Crippen LogP contribution is -2.51. The van der Waals surface area contributed by atoms with Gasteiger partial charge in [-0.15, -0.1) is 11.3 Å². The van der Waals surface area contributed by atoms with Gasteiger partial charge in [-0.2, -0.15) is 0 Å². The number of amides is 1. The second kappa shape index (κ2) is 6.65. The Morgan fingerprint density at radius 1 is 1.26 bits per heavy atom. The number of thiophene rings is 1. The van der Waals surface area contributed by atoms with E-state index in [0.717, 1.165) is 37.2 Å². The normalized spacial score (nSPS) is 18.1. The molecule has 2 heterocycles. The summed E-state index contributed by atoms with van der Waals surface area (Å²) < 4.78 is 5.27. The molecule has 27 heavy (non-hydrogen) atoms. The second-order valence-corrected chi connectivity index (χ2v) is 8.36. The predicted octanol–water partition coefficient (Wildman–Crippen LogP) is 3.59. The first-order valence-electron chi connectivity index (χ1n) is 8.96. The predicted molar refractivity (Wildman–Crippen MR) is 105 cm³/mol. The summed E-state index contributed by atoms with van der Waals surface area (Å²) in [5.74, 6) is -1.28. The molecule has 0 radical (unpaired) electrons. The van der Waals surface area contributed by atoms with Gasteiger partial charge in [0.25, 0.3) is 5.91 Å². The third-order valence-electron chi connectivity index (χ3n) is 5.56. The number of rotatable bonds is 6. The molecule has 2 N–H and O–H groups in total. The number of benzene rings is 1. The fraction of sp³-hybridized carbons (Fsp3) is 0.400. The first kappa shape index (κ1) is 18.0. The lowest BCUT2D eigenvalue weighted by Gasteiger charge is -2.40. The van der Waals surface area contributed by atoms with Crippen molar-refractivity contribution >= 4 is 33.9 Å². The average Bonchev–Trinajstić information content (AvgIpc) is 3.20. The Labute approximate surface area is 161 Å². The van der Waals surface area contributed by atoms with Crippen LogP contribution in [0.1, 0.15) is 46.0 Å². The molecule has 1 aromatic heterocycles. The van der Waals surface area contributed by atoms with E-state index in [9.17, 15) is 14.7 Å². The van der Waals surface area contributed by atoms with E-state index in [1.54, 1.807) is 19.2 Å². The summed E-state index contributed by atoms with van der Waals surface area (Å²) in [7, 11) is 1.71. The van der Waals surface area contributed by atoms with Crippen LogP contribution in [-0.2, 0) is 10.2 Å². The lowest BCUT2D eigenvalue weighted by atomic mass is 9.97. The van der Waals surface area contributed by atoms with Crippen LogP contribution < -0.4 is 10.2 Å². The molecule has 1 saturated carbocycles. The highest BCUT2D eigenvalue weighted by molar-refractivity contribution is 7.15. The Kier molecular flexibility index (Phi) is 4.44. The molecule has 0 bridgehead atoms. The number of carbonyl (C=O) groups excluding carboxylic acids is 1. The van der Waals surface area contributed by atoms with Crippen LogP contribution in [-0.4, -0.2) is 43.3 Å². The van der Waals surface area contributed by atoms with E-state index in [-0.39, 0.29) is 23.0 Å². The zero-order chi connectivity index (χ0) is 19.2. The highest BCUT2D eigenvalue weighted by Gasteiger charge is 2.43. The molecule has 4 rings (SSSR count). The molecule has 1 saturated heterocycles. The smallest absolute Gasteiger partial charge is 0.339 e. The van der Waals surface area contributed by atoms with E-state index in [0.29, 0.717) is 10.6 Å². The summed E-state index contributed by atoms with van der Waals surface area (Å²) >= 11 is 1.28. The maximum atomic E-state index is 12.6. The van der Waals surface area contributed by atoms with Gasteiger partial charge in [0.15, 0.2) is 0 Å². The summed E-state index contributed by atoms with van der Waals surface area (Å²) in [5, 5.41) is 14.7. The van der Waals surface area contributed by atoms with Gasteiger partial charge in [0, 0.05) is 31.5 Å². The molecule has 0 spiro atoms. The first-order chi connectivity index (χ1) is 12.9. The van der Waals surface area contributed by atoms with Gasteiger partial charge < -0.3 is 20.1 Å². The van der Waals surface area contributed by atoms with E-state index < -0.39 is 5.97 Å². The third kappa shape index (κ3) is 3.33. The number of aromatic carboxylic acids is 1. The van der Waals surface area contributed by atoms with Gasteiger partial charge in [0.05, 0.1) is 11.7 Å². The zero-order valence-corrected chi connectivity index (χ0v) is 16.1. The molecule has 1 aliphatic carbocycles. The minimum Gasteiger partial charge on any atom is -0.478 e. The first-order valence-corrected chi connectivity index (χ1v) is 9.83. The highest BCUT2D eigenvalue weighted by Crippen LogP contribution is 2.51. The van der Waals surface area contributed by atoms with E-state index >= 15 is 0 Å². The molecule has 7 heteroatoms. The van der Waals surface area contributed by atoms with E-state index in [1.807, 2.05) is 17.5 Å². The molecule has 1 amide bonds. The number of hydrogen-bond acceptors (Lipinski definition) is 5. The summed E-state index contributed by atoms with van der Waals surface area (Å²) in [4.78, 5) is 26.5. The van der Waals surface area contributed by atoms with Crippen LogP contribution in [0.15, 0.2) is 29.6 Å². The Morgan fingerprint density at radius 3 is 2.48 bits per heavy atom. The number of carbonyl (C=O) groups is 2. The molecular weight excluding hydrogens is 364 g/mol. The van der Waals surface area contributed by atoms with Crippen LogP contribution in [0, 0.1) is 0 Å². The second-order valence-electron chi connectivity index (χ2n) is 7.48. The summed E-state index contributed by atoms with van der Waals surface area (Å²) in [6.45, 7) is 3.76. The molecule has 6 nitrogen and oxygen atoms in total. The van der Waals surface area contributed by atoms with Crippen LogP contribution >= 0.6 is 11.3 Å². The van der Waals surface area contributed by atoms with Crippen molar-refractivity contribution in [3.8, 4) is 0 Å². The van der Waals surface area contributed by atoms with Crippen molar-refractivity contribution in [2.75, 3.05) is 30.4 Å². The molecule has 1 aromatic carbocycles. The minimum atomic E-state index is -0.990. The van der Waals surface area contributed by atoms with Crippen molar-refractivity contribution in [3.05, 3.63) is 46.3 Å². The Balaban J connectivity index is 1.48. The van der Waals surface area contributed by atoms with Crippen LogP contribution in [0.3, 0.4) is 0 Å². The number of methoxy groups -OCH3 is 1. The average molecular weight is 386 g/mol. The molecule has 0 unspecified atom stereocenters. The molecule has 0 atom stereocenters. The van der Waals surface area contributed by atoms with Crippen molar-refractivity contribution in [1.29, 1.82) is 0 Å². The van der Waals surface area contributed by atoms with Crippen molar-refractivity contribution in [3.63, 3.8) is 0 Å². The maximum Gasteiger partial charge on any atom is 0.339 e. The van der Waals surface area contributed by atoms with Crippen molar-refractivity contribution in [2.24, 2.45) is 0 Å². The number of nitrogens with zero attached hydrogens (tertiary/aromatic N) is 1. The number of nitrogens with one attached hydrogen (secondary N) is 1. The molecule has 142 valence electrons. The van der Waals surface area contributed by atoms with E-state index in [4.69, 9.17) is 4.74 Å². The number of hydrogen-bond donors (Lipinski definition) is 2. The lowest BCUT2D eigenvalue weighted by molar-refractivity contribution is 0.0696. The zero-order valence-electron chi connectivity index (χ0n) is 15.3. The van der Waals surface area contributed by atoms with Crippen molar-refractivity contribution in [2.45, 2.75) is 31.3 Å². The van der Waals surface area contributed by atoms with E-state index in [2.05, 4.69) is 17.1 Å². The molecule has 2 fully saturated rings. The van der Waals surface area contributed by atoms with Gasteiger partial charge in [-0.1, -0.05) is 6.92 Å². The van der Waals surface area contributed by atoms with Gasteiger partial charge in [0.1, 0.15) is 5.00 Å². The maximum absolute atomic E-state index is 12.6. The fourth-order valence-electron chi connectivity index (χ4n) is 3.36. The molecule has 1 aliphatic heterocycles. The summed E-state index contributed by atoms with van der Waals surface area (Å²) in [6.07, 6.45) is 2.24. The van der Waals surface area contributed by atoms with Crippen molar-refractivity contribution in [1.82, 2.24) is 0 Å². The van der Waals surface area contributed by atoms with Crippen LogP contribution in [0.4, 0.5) is 10.7 Å². The topological polar surface area (TPSA) is 78.9 Å². The summed E-state index contributed by atoms with van der Waals surface area (Å²) in [5.41, 5.74) is 2.55. The largest absolute Gasteiger partial charge is 0.478 e. The van der Waals surface area contributed by atoms with Crippen LogP contribution in [0.5, 0.6) is 0 Å². The van der Waals surface area contributed by atoms with Crippen LogP contribution in [0.2, 0.25) is 0 Å². The standard InChI is InChI=1S/C20H22N2O4S/c1-20(7-8-20)15-11-27-18(16(15)19(24)25)21-17(23)12-3-5-13(6-4-12)22-9-14(10-22)26-2/h3-6,11,14H,7-10H2,1-2H3,(H,21,23)(H,24,25). The third-order valence-corrected chi connectivity index (χ3v) is 6.45. The minimum absolute atomic E-state index is 0.0634. The Hall–Kier alpha value is -2.38. The van der Waals surface area contributed by atoms with Gasteiger partial charge in [0.2, 0.25) is 0 Å². The van der Waals surface area contributed by atoms with Gasteiger partial charge in [-0.25, -0.2) is 4.79 Å². The van der Waals surface area contributed by atoms with Gasteiger partial charge >= 0.3 is 5.97 Å². The molecule has 2 aromatic rings. The molecule has 2 aliphatic rings. The highest BCUT2D eigenvalue weighted by atomic mass is 32.1. The number of carboxylic acid groups (broad SMARTS) is 1. The van der Waals surface area contributed by atoms with Crippen LogP contribution in [0.25, 0.3) is 0 Å². The van der Waals surface area contributed by atoms with Crippen molar-refractivity contribution < 1.29 is 19.4 Å². The fourth-order valence-corrected chi connectivity index (χ4v) is 4.46. The quantitative estimate of drug-likeness (QED) is 0.793. The number of carboxylic acids is 1. The monoisotopic (exact) mass is 386 g/mol. The van der Waals surface area contributed by atoms with E-state index in [1.165, 1.54) is 11.3 Å².